The Morgan fingerprint density at radius 1 is 1.12 bits per heavy atom. The van der Waals surface area contributed by atoms with E-state index in [1.807, 2.05) is 0 Å². The van der Waals surface area contributed by atoms with Crippen LogP contribution in [-0.2, 0) is 13.1 Å². The van der Waals surface area contributed by atoms with E-state index in [0.717, 1.165) is 31.3 Å². The summed E-state index contributed by atoms with van der Waals surface area (Å²) >= 11 is 0. The molecule has 1 aromatic heterocycles. The average Bonchev–Trinajstić information content (AvgIpc) is 3.35. The Balaban J connectivity index is 1.23. The molecular weight excluding hydrogens is 300 g/mol. The molecule has 0 bridgehead atoms. The number of nitrogens with zero attached hydrogens (tertiary/aromatic N) is 3. The molecule has 2 heterocycles. The van der Waals surface area contributed by atoms with Crippen LogP contribution in [0.15, 0.2) is 34.9 Å². The highest BCUT2D eigenvalue weighted by atomic mass is 16.5. The second-order valence-corrected chi connectivity index (χ2v) is 7.12. The van der Waals surface area contributed by atoms with Crippen molar-refractivity contribution in [3.05, 3.63) is 47.6 Å². The van der Waals surface area contributed by atoms with Crippen molar-refractivity contribution in [2.24, 2.45) is 0 Å². The Kier molecular flexibility index (Phi) is 4.90. The van der Waals surface area contributed by atoms with Crippen LogP contribution in [0.5, 0.6) is 0 Å². The first-order valence-electron chi connectivity index (χ1n) is 9.19. The zero-order valence-corrected chi connectivity index (χ0v) is 14.2. The standard InChI is InChI=1S/C19H26N4O/c1-2-6-15(7-3-1)13-23-11-10-17(14-23)20-12-18-21-19(24-22-18)16-8-4-5-9-16/h1-3,6-7,16-17,20H,4-5,8-14H2. The van der Waals surface area contributed by atoms with Gasteiger partial charge in [0, 0.05) is 31.6 Å². The zero-order valence-electron chi connectivity index (χ0n) is 14.2. The molecule has 1 saturated heterocycles. The van der Waals surface area contributed by atoms with E-state index in [1.165, 1.54) is 37.7 Å². The summed E-state index contributed by atoms with van der Waals surface area (Å²) in [5.74, 6) is 2.15. The molecule has 4 rings (SSSR count). The van der Waals surface area contributed by atoms with Gasteiger partial charge in [0.15, 0.2) is 5.82 Å². The molecule has 0 amide bonds. The molecule has 24 heavy (non-hydrogen) atoms. The van der Waals surface area contributed by atoms with E-state index >= 15 is 0 Å². The molecule has 1 unspecified atom stereocenters. The van der Waals surface area contributed by atoms with Crippen LogP contribution in [0.4, 0.5) is 0 Å². The predicted octanol–water partition coefficient (Wildman–Crippen LogP) is 3.09. The first-order valence-corrected chi connectivity index (χ1v) is 9.19. The molecule has 2 fully saturated rings. The van der Waals surface area contributed by atoms with Gasteiger partial charge in [0.1, 0.15) is 0 Å². The monoisotopic (exact) mass is 326 g/mol. The van der Waals surface area contributed by atoms with Crippen molar-refractivity contribution in [2.45, 2.75) is 57.2 Å². The van der Waals surface area contributed by atoms with Crippen LogP contribution in [-0.4, -0.2) is 34.2 Å². The quantitative estimate of drug-likeness (QED) is 0.884. The average molecular weight is 326 g/mol. The van der Waals surface area contributed by atoms with Gasteiger partial charge < -0.3 is 9.84 Å². The maximum atomic E-state index is 5.45. The van der Waals surface area contributed by atoms with Crippen LogP contribution in [0.1, 0.15) is 55.3 Å². The first-order chi connectivity index (χ1) is 11.9. The Hall–Kier alpha value is -1.72. The molecule has 1 saturated carbocycles. The van der Waals surface area contributed by atoms with Crippen LogP contribution in [0.2, 0.25) is 0 Å². The minimum Gasteiger partial charge on any atom is -0.339 e. The summed E-state index contributed by atoms with van der Waals surface area (Å²) in [7, 11) is 0. The van der Waals surface area contributed by atoms with Crippen LogP contribution in [0.25, 0.3) is 0 Å². The van der Waals surface area contributed by atoms with Gasteiger partial charge in [-0.05, 0) is 24.8 Å². The molecule has 1 aliphatic heterocycles. The predicted molar refractivity (Wildman–Crippen MR) is 92.5 cm³/mol. The number of hydrogen-bond donors (Lipinski definition) is 1. The summed E-state index contributed by atoms with van der Waals surface area (Å²) < 4.78 is 5.45. The lowest BCUT2D eigenvalue weighted by molar-refractivity contribution is 0.318. The Bertz CT molecular complexity index is 636. The molecule has 1 aromatic carbocycles. The Morgan fingerprint density at radius 3 is 2.79 bits per heavy atom. The van der Waals surface area contributed by atoms with Crippen molar-refractivity contribution < 1.29 is 4.52 Å². The van der Waals surface area contributed by atoms with Crippen molar-refractivity contribution in [1.82, 2.24) is 20.4 Å². The second kappa shape index (κ2) is 7.45. The summed E-state index contributed by atoms with van der Waals surface area (Å²) in [5.41, 5.74) is 1.39. The van der Waals surface area contributed by atoms with E-state index in [9.17, 15) is 0 Å². The number of aromatic nitrogens is 2. The van der Waals surface area contributed by atoms with Gasteiger partial charge in [0.25, 0.3) is 0 Å². The SMILES string of the molecule is c1ccc(CN2CCC(NCc3noc(C4CCCC4)n3)C2)cc1. The van der Waals surface area contributed by atoms with E-state index < -0.39 is 0 Å². The lowest BCUT2D eigenvalue weighted by atomic mass is 10.1. The normalized spacial score (nSPS) is 22.4. The molecular formula is C19H26N4O. The topological polar surface area (TPSA) is 54.2 Å². The fourth-order valence-electron chi connectivity index (χ4n) is 3.90. The fraction of sp³-hybridized carbons (Fsp3) is 0.579. The van der Waals surface area contributed by atoms with Crippen molar-refractivity contribution in [2.75, 3.05) is 13.1 Å². The van der Waals surface area contributed by atoms with Crippen molar-refractivity contribution in [1.29, 1.82) is 0 Å². The van der Waals surface area contributed by atoms with Crippen LogP contribution < -0.4 is 5.32 Å². The largest absolute Gasteiger partial charge is 0.339 e. The molecule has 2 aromatic rings. The molecule has 0 radical (unpaired) electrons. The van der Waals surface area contributed by atoms with E-state index in [-0.39, 0.29) is 0 Å². The molecule has 5 nitrogen and oxygen atoms in total. The molecule has 0 spiro atoms. The highest BCUT2D eigenvalue weighted by Crippen LogP contribution is 2.32. The summed E-state index contributed by atoms with van der Waals surface area (Å²) in [6.07, 6.45) is 6.17. The number of hydrogen-bond acceptors (Lipinski definition) is 5. The lowest BCUT2D eigenvalue weighted by Gasteiger charge is -2.16. The number of rotatable bonds is 6. The minimum atomic E-state index is 0.499. The summed E-state index contributed by atoms with van der Waals surface area (Å²) in [6, 6.07) is 11.2. The molecule has 1 atom stereocenters. The summed E-state index contributed by atoms with van der Waals surface area (Å²) in [4.78, 5) is 7.09. The molecule has 2 aliphatic rings. The fourth-order valence-corrected chi connectivity index (χ4v) is 3.90. The summed E-state index contributed by atoms with van der Waals surface area (Å²) in [6.45, 7) is 3.97. The number of benzene rings is 1. The van der Waals surface area contributed by atoms with Gasteiger partial charge >= 0.3 is 0 Å². The van der Waals surface area contributed by atoms with E-state index in [1.54, 1.807) is 0 Å². The van der Waals surface area contributed by atoms with Gasteiger partial charge in [-0.3, -0.25) is 4.90 Å². The summed E-state index contributed by atoms with van der Waals surface area (Å²) in [5, 5.41) is 7.74. The minimum absolute atomic E-state index is 0.499. The van der Waals surface area contributed by atoms with Crippen LogP contribution in [0, 0.1) is 0 Å². The van der Waals surface area contributed by atoms with E-state index in [0.29, 0.717) is 18.5 Å². The first kappa shape index (κ1) is 15.8. The third-order valence-electron chi connectivity index (χ3n) is 5.26. The van der Waals surface area contributed by atoms with Crippen LogP contribution in [0.3, 0.4) is 0 Å². The van der Waals surface area contributed by atoms with Crippen molar-refractivity contribution >= 4 is 0 Å². The van der Waals surface area contributed by atoms with Gasteiger partial charge in [-0.15, -0.1) is 0 Å². The Labute approximate surface area is 143 Å². The van der Waals surface area contributed by atoms with Crippen molar-refractivity contribution in [3.63, 3.8) is 0 Å². The third kappa shape index (κ3) is 3.84. The second-order valence-electron chi connectivity index (χ2n) is 7.12. The number of nitrogens with one attached hydrogen (secondary N) is 1. The molecule has 1 N–H and O–H groups in total. The zero-order chi connectivity index (χ0) is 16.2. The Morgan fingerprint density at radius 2 is 1.96 bits per heavy atom. The lowest BCUT2D eigenvalue weighted by Crippen LogP contribution is -2.32. The van der Waals surface area contributed by atoms with Gasteiger partial charge in [-0.25, -0.2) is 0 Å². The maximum Gasteiger partial charge on any atom is 0.229 e. The van der Waals surface area contributed by atoms with Gasteiger partial charge in [0.2, 0.25) is 5.89 Å². The van der Waals surface area contributed by atoms with Gasteiger partial charge in [-0.2, -0.15) is 4.98 Å². The highest BCUT2D eigenvalue weighted by Gasteiger charge is 2.24. The smallest absolute Gasteiger partial charge is 0.229 e. The van der Waals surface area contributed by atoms with Crippen LogP contribution >= 0.6 is 0 Å². The van der Waals surface area contributed by atoms with Gasteiger partial charge in [-0.1, -0.05) is 48.3 Å². The molecule has 128 valence electrons. The molecule has 5 heteroatoms. The third-order valence-corrected chi connectivity index (χ3v) is 5.26. The van der Waals surface area contributed by atoms with Gasteiger partial charge in [0.05, 0.1) is 6.54 Å². The number of likely N-dealkylation sites (tertiary alicyclic amines) is 1. The molecule has 1 aliphatic carbocycles. The van der Waals surface area contributed by atoms with Crippen molar-refractivity contribution in [3.8, 4) is 0 Å². The highest BCUT2D eigenvalue weighted by molar-refractivity contribution is 5.14. The van der Waals surface area contributed by atoms with E-state index in [2.05, 4.69) is 50.7 Å². The van der Waals surface area contributed by atoms with E-state index in [4.69, 9.17) is 4.52 Å². The maximum absolute atomic E-state index is 5.45.